The molecule has 1 aromatic heterocycles. The van der Waals surface area contributed by atoms with Crippen molar-refractivity contribution < 1.29 is 31.9 Å². The molecule has 0 amide bonds. The number of fused-ring (bicyclic) bond motifs is 1. The molecule has 0 unspecified atom stereocenters. The highest BCUT2D eigenvalue weighted by Gasteiger charge is 2.31. The van der Waals surface area contributed by atoms with Crippen LogP contribution >= 0.6 is 0 Å². The van der Waals surface area contributed by atoms with Gasteiger partial charge in [-0.2, -0.15) is 13.2 Å². The molecule has 0 spiro atoms. The van der Waals surface area contributed by atoms with Crippen molar-refractivity contribution >= 4 is 16.9 Å². The zero-order valence-corrected chi connectivity index (χ0v) is 16.8. The van der Waals surface area contributed by atoms with Crippen molar-refractivity contribution in [3.63, 3.8) is 0 Å². The van der Waals surface area contributed by atoms with Crippen molar-refractivity contribution in [1.82, 2.24) is 0 Å². The van der Waals surface area contributed by atoms with Gasteiger partial charge < -0.3 is 13.9 Å². The van der Waals surface area contributed by atoms with E-state index < -0.39 is 28.9 Å². The number of halogens is 3. The Kier molecular flexibility index (Phi) is 6.99. The first-order chi connectivity index (χ1) is 14.8. The summed E-state index contributed by atoms with van der Waals surface area (Å²) in [4.78, 5) is 24.5. The third-order valence-corrected chi connectivity index (χ3v) is 4.58. The lowest BCUT2D eigenvalue weighted by Crippen LogP contribution is -2.18. The van der Waals surface area contributed by atoms with E-state index in [0.29, 0.717) is 18.4 Å². The van der Waals surface area contributed by atoms with Gasteiger partial charge in [0.15, 0.2) is 0 Å². The minimum absolute atomic E-state index is 0.173. The topological polar surface area (TPSA) is 65.7 Å². The summed E-state index contributed by atoms with van der Waals surface area (Å²) in [6, 6.07) is 10.2. The number of carbonyl (C=O) groups excluding carboxylic acids is 1. The fourth-order valence-corrected chi connectivity index (χ4v) is 2.91. The summed E-state index contributed by atoms with van der Waals surface area (Å²) in [6.45, 7) is 2.72. The van der Waals surface area contributed by atoms with Gasteiger partial charge in [0.25, 0.3) is 0 Å². The second-order valence-corrected chi connectivity index (χ2v) is 6.97. The van der Waals surface area contributed by atoms with Gasteiger partial charge in [-0.3, -0.25) is 0 Å². The third kappa shape index (κ3) is 5.87. The van der Waals surface area contributed by atoms with Gasteiger partial charge in [-0.05, 0) is 48.9 Å². The van der Waals surface area contributed by atoms with Crippen LogP contribution in [-0.4, -0.2) is 12.6 Å². The lowest BCUT2D eigenvalue weighted by molar-refractivity contribution is -0.137. The molecule has 0 atom stereocenters. The van der Waals surface area contributed by atoms with Crippen molar-refractivity contribution in [2.24, 2.45) is 0 Å². The minimum atomic E-state index is -4.57. The number of esters is 1. The lowest BCUT2D eigenvalue weighted by Gasteiger charge is -2.09. The highest BCUT2D eigenvalue weighted by atomic mass is 19.4. The number of carbonyl (C=O) groups is 1. The van der Waals surface area contributed by atoms with E-state index >= 15 is 0 Å². The summed E-state index contributed by atoms with van der Waals surface area (Å²) in [5.41, 5.74) is -2.71. The molecule has 8 heteroatoms. The van der Waals surface area contributed by atoms with Gasteiger partial charge in [0.2, 0.25) is 0 Å². The first-order valence-corrected chi connectivity index (χ1v) is 9.88. The van der Waals surface area contributed by atoms with E-state index in [4.69, 9.17) is 13.9 Å². The zero-order chi connectivity index (χ0) is 22.4. The maximum absolute atomic E-state index is 12.8. The second-order valence-electron chi connectivity index (χ2n) is 6.97. The first-order valence-electron chi connectivity index (χ1n) is 9.88. The SMILES string of the molecule is CCCCCCOc1ccc(OC(=O)c2cc3ccc(C(F)(F)F)cc3oc2=O)cc1. The maximum Gasteiger partial charge on any atom is 0.416 e. The molecule has 0 fully saturated rings. The molecule has 0 saturated carbocycles. The Morgan fingerprint density at radius 3 is 2.35 bits per heavy atom. The quantitative estimate of drug-likeness (QED) is 0.189. The largest absolute Gasteiger partial charge is 0.494 e. The summed E-state index contributed by atoms with van der Waals surface area (Å²) in [6.07, 6.45) is -0.227. The van der Waals surface area contributed by atoms with Gasteiger partial charge >= 0.3 is 17.8 Å². The van der Waals surface area contributed by atoms with Crippen LogP contribution in [0.5, 0.6) is 11.5 Å². The number of hydrogen-bond acceptors (Lipinski definition) is 5. The molecule has 5 nitrogen and oxygen atoms in total. The fraction of sp³-hybridized carbons (Fsp3) is 0.304. The van der Waals surface area contributed by atoms with Crippen LogP contribution < -0.4 is 15.1 Å². The van der Waals surface area contributed by atoms with Crippen LogP contribution in [0.1, 0.15) is 48.5 Å². The Hall–Kier alpha value is -3.29. The molecule has 0 N–H and O–H groups in total. The van der Waals surface area contributed by atoms with E-state index in [-0.39, 0.29) is 16.7 Å². The molecule has 0 bridgehead atoms. The highest BCUT2D eigenvalue weighted by Crippen LogP contribution is 2.31. The van der Waals surface area contributed by atoms with Gasteiger partial charge in [-0.15, -0.1) is 0 Å². The number of benzene rings is 2. The van der Waals surface area contributed by atoms with Crippen molar-refractivity contribution in [2.45, 2.75) is 38.8 Å². The first kappa shape index (κ1) is 22.4. The highest BCUT2D eigenvalue weighted by molar-refractivity contribution is 5.94. The summed E-state index contributed by atoms with van der Waals surface area (Å²) in [5, 5.41) is 0.173. The summed E-state index contributed by atoms with van der Waals surface area (Å²) in [5.74, 6) is -0.152. The molecule has 2 aromatic carbocycles. The van der Waals surface area contributed by atoms with E-state index in [9.17, 15) is 22.8 Å². The van der Waals surface area contributed by atoms with Crippen LogP contribution in [0.15, 0.2) is 57.7 Å². The van der Waals surface area contributed by atoms with Gasteiger partial charge in [0, 0.05) is 5.39 Å². The Morgan fingerprint density at radius 2 is 1.68 bits per heavy atom. The van der Waals surface area contributed by atoms with E-state index in [2.05, 4.69) is 6.92 Å². The number of unbranched alkanes of at least 4 members (excludes halogenated alkanes) is 3. The Morgan fingerprint density at radius 1 is 0.968 bits per heavy atom. The minimum Gasteiger partial charge on any atom is -0.494 e. The molecular formula is C23H21F3O5. The number of hydrogen-bond donors (Lipinski definition) is 0. The number of alkyl halides is 3. The monoisotopic (exact) mass is 434 g/mol. The van der Waals surface area contributed by atoms with Crippen molar-refractivity contribution in [3.05, 3.63) is 70.1 Å². The van der Waals surface area contributed by atoms with Gasteiger partial charge in [0.1, 0.15) is 22.6 Å². The summed E-state index contributed by atoms with van der Waals surface area (Å²) in [7, 11) is 0. The van der Waals surface area contributed by atoms with Gasteiger partial charge in [-0.1, -0.05) is 32.3 Å². The zero-order valence-electron chi connectivity index (χ0n) is 16.8. The fourth-order valence-electron chi connectivity index (χ4n) is 2.91. The molecule has 31 heavy (non-hydrogen) atoms. The number of rotatable bonds is 8. The van der Waals surface area contributed by atoms with Crippen LogP contribution in [0, 0.1) is 0 Å². The van der Waals surface area contributed by atoms with E-state index in [1.54, 1.807) is 12.1 Å². The standard InChI is InChI=1S/C23H21F3O5/c1-2-3-4-5-12-29-17-8-10-18(11-9-17)30-21(27)19-13-15-6-7-16(23(24,25)26)14-20(15)31-22(19)28/h6-11,13-14H,2-5,12H2,1H3. The van der Waals surface area contributed by atoms with Crippen LogP contribution in [-0.2, 0) is 6.18 Å². The summed E-state index contributed by atoms with van der Waals surface area (Å²) >= 11 is 0. The number of ether oxygens (including phenoxy) is 2. The predicted octanol–water partition coefficient (Wildman–Crippen LogP) is 5.99. The van der Waals surface area contributed by atoms with Crippen LogP contribution in [0.25, 0.3) is 11.0 Å². The molecule has 0 radical (unpaired) electrons. The lowest BCUT2D eigenvalue weighted by atomic mass is 10.1. The average molecular weight is 434 g/mol. The molecule has 164 valence electrons. The molecule has 3 rings (SSSR count). The molecular weight excluding hydrogens is 413 g/mol. The van der Waals surface area contributed by atoms with Crippen LogP contribution in [0.4, 0.5) is 13.2 Å². The molecule has 0 saturated heterocycles. The van der Waals surface area contributed by atoms with Crippen molar-refractivity contribution in [2.75, 3.05) is 6.61 Å². The van der Waals surface area contributed by atoms with Crippen LogP contribution in [0.3, 0.4) is 0 Å². The third-order valence-electron chi connectivity index (χ3n) is 4.58. The van der Waals surface area contributed by atoms with Crippen molar-refractivity contribution in [1.29, 1.82) is 0 Å². The Bertz CT molecular complexity index is 1100. The molecule has 3 aromatic rings. The Labute approximate surface area is 176 Å². The average Bonchev–Trinajstić information content (AvgIpc) is 2.73. The molecule has 1 heterocycles. The predicted molar refractivity (Wildman–Crippen MR) is 109 cm³/mol. The van der Waals surface area contributed by atoms with E-state index in [1.807, 2.05) is 0 Å². The van der Waals surface area contributed by atoms with Crippen molar-refractivity contribution in [3.8, 4) is 11.5 Å². The molecule has 0 aliphatic carbocycles. The second kappa shape index (κ2) is 9.68. The smallest absolute Gasteiger partial charge is 0.416 e. The Balaban J connectivity index is 1.68. The van der Waals surface area contributed by atoms with E-state index in [0.717, 1.165) is 43.9 Å². The van der Waals surface area contributed by atoms with Gasteiger partial charge in [0.05, 0.1) is 12.2 Å². The van der Waals surface area contributed by atoms with Crippen LogP contribution in [0.2, 0.25) is 0 Å². The summed E-state index contributed by atoms with van der Waals surface area (Å²) < 4.78 is 54.1. The maximum atomic E-state index is 12.8. The molecule has 0 aliphatic heterocycles. The van der Waals surface area contributed by atoms with Gasteiger partial charge in [-0.25, -0.2) is 9.59 Å². The van der Waals surface area contributed by atoms with E-state index in [1.165, 1.54) is 12.1 Å². The normalized spacial score (nSPS) is 11.5. The molecule has 0 aliphatic rings.